The van der Waals surface area contributed by atoms with Gasteiger partial charge in [-0.05, 0) is 52.5 Å². The van der Waals surface area contributed by atoms with Crippen LogP contribution >= 0.6 is 11.3 Å². The molecule has 0 N–H and O–H groups in total. The first-order valence-corrected chi connectivity index (χ1v) is 18.7. The van der Waals surface area contributed by atoms with Crippen molar-refractivity contribution in [2.45, 2.75) is 0 Å². The highest BCUT2D eigenvalue weighted by Crippen LogP contribution is 2.46. The van der Waals surface area contributed by atoms with E-state index in [2.05, 4.69) is 0 Å². The average molecular weight is 761 g/mol. The molecule has 0 unspecified atom stereocenters. The Morgan fingerprint density at radius 3 is 2.09 bits per heavy atom. The van der Waals surface area contributed by atoms with Crippen molar-refractivity contribution < 1.29 is 23.6 Å². The smallest absolute Gasteiger partial charge is 0.238 e. The fraction of sp³-hybridized carbons (Fsp3) is 0. The van der Waals surface area contributed by atoms with Gasteiger partial charge in [-0.2, -0.15) is 9.97 Å². The summed E-state index contributed by atoms with van der Waals surface area (Å²) in [5, 5.41) is 1.38. The molecule has 0 fully saturated rings. The van der Waals surface area contributed by atoms with Gasteiger partial charge in [0.2, 0.25) is 5.95 Å². The number of fused-ring (bicyclic) bond motifs is 10. The highest BCUT2D eigenvalue weighted by molar-refractivity contribution is 7.26. The van der Waals surface area contributed by atoms with Crippen molar-refractivity contribution in [1.82, 2.24) is 19.5 Å². The SMILES string of the molecule is [2H]c1c([2H])c([2H])c(-c2cccc3oc4cc(-c5nc(-c6ccccc6)nc(-n6c7c([2H])c([2H])c([2H])c([2H])c7c7c([2H])c([2H])c8sc9c(-c%10ccccc%10)c([2H])c([2H])c([2H])c9c8c76)n5)ccc4c23)c([2H])c1[2H]. The summed E-state index contributed by atoms with van der Waals surface area (Å²) in [7, 11) is 0. The molecular weight excluding hydrogens is 717 g/mol. The lowest BCUT2D eigenvalue weighted by atomic mass is 9.99. The molecule has 266 valence electrons. The van der Waals surface area contributed by atoms with Crippen LogP contribution in [0.25, 0.3) is 115 Å². The summed E-state index contributed by atoms with van der Waals surface area (Å²) in [5.41, 5.74) is 3.02. The number of benzene rings is 8. The van der Waals surface area contributed by atoms with Crippen molar-refractivity contribution in [3.63, 3.8) is 0 Å². The minimum Gasteiger partial charge on any atom is -0.456 e. The molecule has 4 heterocycles. The first-order valence-electron chi connectivity index (χ1n) is 24.9. The molecule has 0 saturated heterocycles. The lowest BCUT2D eigenvalue weighted by Gasteiger charge is -2.11. The molecular formula is C51H30N4OS. The minimum absolute atomic E-state index is 0.0148. The van der Waals surface area contributed by atoms with Gasteiger partial charge in [-0.3, -0.25) is 4.57 Å². The number of nitrogens with zero attached hydrogens (tertiary/aromatic N) is 4. The molecule has 8 aromatic carbocycles. The Kier molecular flexibility index (Phi) is 4.64. The van der Waals surface area contributed by atoms with Gasteiger partial charge in [-0.25, -0.2) is 4.98 Å². The van der Waals surface area contributed by atoms with Crippen LogP contribution in [0.5, 0.6) is 0 Å². The third kappa shape index (κ3) is 4.98. The summed E-state index contributed by atoms with van der Waals surface area (Å²) < 4.78 is 134. The zero-order valence-corrected chi connectivity index (χ0v) is 30.2. The first kappa shape index (κ1) is 21.0. The van der Waals surface area contributed by atoms with E-state index in [0.29, 0.717) is 54.5 Å². The first-order chi connectivity index (χ1) is 34.1. The van der Waals surface area contributed by atoms with Gasteiger partial charge in [-0.15, -0.1) is 11.3 Å². The number of thiophene rings is 1. The second-order valence-electron chi connectivity index (χ2n) is 13.3. The van der Waals surface area contributed by atoms with Gasteiger partial charge in [0.1, 0.15) is 11.2 Å². The largest absolute Gasteiger partial charge is 0.456 e. The Morgan fingerprint density at radius 2 is 1.25 bits per heavy atom. The normalized spacial score (nSPS) is 15.3. The highest BCUT2D eigenvalue weighted by atomic mass is 32.1. The number of para-hydroxylation sites is 1. The molecule has 0 aliphatic rings. The van der Waals surface area contributed by atoms with Crippen molar-refractivity contribution in [2.75, 3.05) is 0 Å². The highest BCUT2D eigenvalue weighted by Gasteiger charge is 2.23. The maximum absolute atomic E-state index is 9.57. The van der Waals surface area contributed by atoms with E-state index in [4.69, 9.17) is 31.7 Å². The molecule has 0 amide bonds. The second-order valence-corrected chi connectivity index (χ2v) is 14.3. The van der Waals surface area contributed by atoms with Crippen molar-refractivity contribution in [1.29, 1.82) is 0 Å². The van der Waals surface area contributed by atoms with Crippen LogP contribution in [0.4, 0.5) is 0 Å². The molecule has 0 saturated carbocycles. The van der Waals surface area contributed by atoms with Gasteiger partial charge in [0.15, 0.2) is 11.6 Å². The van der Waals surface area contributed by atoms with Crippen molar-refractivity contribution in [3.05, 3.63) is 182 Å². The Hall–Kier alpha value is -7.41. The predicted octanol–water partition coefficient (Wildman–Crippen LogP) is 13.9. The van der Waals surface area contributed by atoms with Crippen LogP contribution in [0.3, 0.4) is 0 Å². The van der Waals surface area contributed by atoms with Gasteiger partial charge in [0.25, 0.3) is 0 Å². The molecule has 0 aliphatic heterocycles. The van der Waals surface area contributed by atoms with Crippen molar-refractivity contribution in [3.8, 4) is 51.0 Å². The summed E-state index contributed by atoms with van der Waals surface area (Å²) in [4.78, 5) is 14.9. The summed E-state index contributed by atoms with van der Waals surface area (Å²) in [6, 6.07) is 22.4. The fourth-order valence-corrected chi connectivity index (χ4v) is 8.74. The van der Waals surface area contributed by atoms with Crippen LogP contribution in [0.15, 0.2) is 186 Å². The number of hydrogen-bond donors (Lipinski definition) is 0. The molecule has 12 aromatic rings. The van der Waals surface area contributed by atoms with Gasteiger partial charge in [0, 0.05) is 52.8 Å². The monoisotopic (exact) mass is 760 g/mol. The van der Waals surface area contributed by atoms with E-state index in [0.717, 1.165) is 11.3 Å². The molecule has 0 bridgehead atoms. The molecule has 57 heavy (non-hydrogen) atoms. The molecule has 5 nitrogen and oxygen atoms in total. The Bertz CT molecular complexity index is 4320. The van der Waals surface area contributed by atoms with Crippen LogP contribution in [-0.4, -0.2) is 19.5 Å². The zero-order valence-electron chi connectivity index (χ0n) is 43.3. The van der Waals surface area contributed by atoms with Gasteiger partial charge < -0.3 is 4.42 Å². The zero-order chi connectivity index (χ0) is 49.6. The molecule has 0 atom stereocenters. The van der Waals surface area contributed by atoms with Crippen LogP contribution in [0, 0.1) is 0 Å². The maximum Gasteiger partial charge on any atom is 0.238 e. The molecule has 4 aromatic heterocycles. The third-order valence-corrected chi connectivity index (χ3v) is 11.2. The number of furan rings is 1. The van der Waals surface area contributed by atoms with Crippen molar-refractivity contribution >= 4 is 75.3 Å². The fourth-order valence-electron chi connectivity index (χ4n) is 7.60. The summed E-state index contributed by atoms with van der Waals surface area (Å²) in [5.74, 6) is 0.110. The van der Waals surface area contributed by atoms with E-state index in [1.54, 1.807) is 84.9 Å². The molecule has 6 heteroatoms. The van der Waals surface area contributed by atoms with E-state index in [1.165, 1.54) is 4.57 Å². The summed E-state index contributed by atoms with van der Waals surface area (Å²) in [6.07, 6.45) is 0. The quantitative estimate of drug-likeness (QED) is 0.175. The van der Waals surface area contributed by atoms with E-state index in [9.17, 15) is 6.85 Å². The van der Waals surface area contributed by atoms with Gasteiger partial charge >= 0.3 is 0 Å². The Balaban J connectivity index is 1.20. The van der Waals surface area contributed by atoms with E-state index >= 15 is 0 Å². The summed E-state index contributed by atoms with van der Waals surface area (Å²) in [6.45, 7) is 0. The number of rotatable bonds is 5. The van der Waals surface area contributed by atoms with Crippen LogP contribution in [0.1, 0.15) is 19.2 Å². The molecule has 12 rings (SSSR count). The Morgan fingerprint density at radius 1 is 0.491 bits per heavy atom. The topological polar surface area (TPSA) is 56.7 Å². The standard InChI is InChI=1S/C51H30N4OS/c1-4-14-31(15-5-1)35-21-13-25-42-45(35)39-27-26-34(30-43(39)56-42)50-52-49(33-18-8-3-9-19-33)53-51(54-50)55-41-24-11-10-20-37(41)38-28-29-44-46(47(38)55)40-23-12-22-36(48(40)57-44)32-16-6-2-7-17-32/h1-30H/i1D,4D,5D,10D,11D,12D,14D,15D,20D,22D,23D,24D,28D,29D. The van der Waals surface area contributed by atoms with Crippen LogP contribution < -0.4 is 0 Å². The third-order valence-electron chi connectivity index (χ3n) is 10.1. The Labute approximate surface area is 350 Å². The molecule has 0 radical (unpaired) electrons. The lowest BCUT2D eigenvalue weighted by molar-refractivity contribution is 0.669. The van der Waals surface area contributed by atoms with Gasteiger partial charge in [0.05, 0.1) is 30.2 Å². The average Bonchev–Trinajstić information content (AvgIpc) is 4.08. The molecule has 0 aliphatic carbocycles. The predicted molar refractivity (Wildman–Crippen MR) is 236 cm³/mol. The van der Waals surface area contributed by atoms with E-state index in [1.807, 2.05) is 12.1 Å². The maximum atomic E-state index is 9.57. The van der Waals surface area contributed by atoms with Gasteiger partial charge in [-0.1, -0.05) is 151 Å². The van der Waals surface area contributed by atoms with Crippen LogP contribution in [-0.2, 0) is 0 Å². The summed E-state index contributed by atoms with van der Waals surface area (Å²) >= 11 is 1.09. The minimum atomic E-state index is -0.577. The number of aromatic nitrogens is 4. The van der Waals surface area contributed by atoms with E-state index in [-0.39, 0.29) is 103 Å². The van der Waals surface area contributed by atoms with Crippen molar-refractivity contribution in [2.24, 2.45) is 0 Å². The second kappa shape index (κ2) is 12.6. The lowest BCUT2D eigenvalue weighted by Crippen LogP contribution is -2.06. The van der Waals surface area contributed by atoms with E-state index < -0.39 is 42.3 Å². The number of hydrogen-bond acceptors (Lipinski definition) is 5. The molecule has 0 spiro atoms. The van der Waals surface area contributed by atoms with Crippen LogP contribution in [0.2, 0.25) is 0 Å².